The van der Waals surface area contributed by atoms with Gasteiger partial charge in [0.2, 0.25) is 0 Å². The molecule has 0 radical (unpaired) electrons. The van der Waals surface area contributed by atoms with Crippen LogP contribution in [0.2, 0.25) is 0 Å². The minimum Gasteiger partial charge on any atom is -0.481 e. The molecule has 2 rings (SSSR count). The molecule has 5 nitrogen and oxygen atoms in total. The third-order valence-electron chi connectivity index (χ3n) is 4.33. The summed E-state index contributed by atoms with van der Waals surface area (Å²) in [6.07, 6.45) is 3.16. The van der Waals surface area contributed by atoms with Gasteiger partial charge in [0.25, 0.3) is 0 Å². The molecule has 0 aromatic heterocycles. The van der Waals surface area contributed by atoms with E-state index in [9.17, 15) is 14.7 Å². The Morgan fingerprint density at radius 1 is 1.09 bits per heavy atom. The zero-order chi connectivity index (χ0) is 16.1. The van der Waals surface area contributed by atoms with Crippen molar-refractivity contribution in [3.8, 4) is 0 Å². The molecule has 118 valence electrons. The second-order valence-electron chi connectivity index (χ2n) is 5.83. The van der Waals surface area contributed by atoms with Gasteiger partial charge in [-0.25, -0.2) is 4.79 Å². The number of aromatic carboxylic acids is 1. The van der Waals surface area contributed by atoms with Gasteiger partial charge in [0, 0.05) is 17.8 Å². The fourth-order valence-corrected chi connectivity index (χ4v) is 2.93. The summed E-state index contributed by atoms with van der Waals surface area (Å²) in [6, 6.07) is 6.85. The Bertz CT molecular complexity index is 586. The predicted octanol–water partition coefficient (Wildman–Crippen LogP) is 3.08. The Hall–Kier alpha value is -2.17. The lowest BCUT2D eigenvalue weighted by Crippen LogP contribution is -2.23. The molecule has 2 N–H and O–H groups in total. The van der Waals surface area contributed by atoms with E-state index < -0.39 is 11.9 Å². The number of carboxylic acid groups (broad SMARTS) is 2. The number of aliphatic imine (C=N–C) groups is 1. The summed E-state index contributed by atoms with van der Waals surface area (Å²) in [6.45, 7) is 2.46. The predicted molar refractivity (Wildman–Crippen MR) is 83.6 cm³/mol. The van der Waals surface area contributed by atoms with Crippen LogP contribution in [0.25, 0.3) is 0 Å². The van der Waals surface area contributed by atoms with E-state index in [2.05, 4.69) is 4.99 Å². The zero-order valence-electron chi connectivity index (χ0n) is 12.7. The molecule has 0 aliphatic heterocycles. The Morgan fingerprint density at radius 2 is 1.68 bits per heavy atom. The van der Waals surface area contributed by atoms with Gasteiger partial charge in [0.15, 0.2) is 0 Å². The normalized spacial score (nSPS) is 22.3. The van der Waals surface area contributed by atoms with Crippen molar-refractivity contribution in [3.63, 3.8) is 0 Å². The lowest BCUT2D eigenvalue weighted by Gasteiger charge is -2.24. The number of hydrogen-bond acceptors (Lipinski definition) is 3. The van der Waals surface area contributed by atoms with Gasteiger partial charge in [0.05, 0.1) is 11.5 Å². The molecule has 1 saturated carbocycles. The number of carbonyl (C=O) groups is 2. The number of aliphatic carboxylic acids is 1. The van der Waals surface area contributed by atoms with E-state index in [1.54, 1.807) is 24.3 Å². The molecule has 1 aromatic rings. The van der Waals surface area contributed by atoms with Crippen LogP contribution >= 0.6 is 0 Å². The molecule has 1 fully saturated rings. The highest BCUT2D eigenvalue weighted by Crippen LogP contribution is 2.29. The first-order chi connectivity index (χ1) is 10.5. The minimum absolute atomic E-state index is 0.214. The quantitative estimate of drug-likeness (QED) is 0.818. The third kappa shape index (κ3) is 3.93. The van der Waals surface area contributed by atoms with Gasteiger partial charge in [-0.15, -0.1) is 0 Å². The van der Waals surface area contributed by atoms with Crippen molar-refractivity contribution < 1.29 is 19.8 Å². The summed E-state index contributed by atoms with van der Waals surface area (Å²) in [7, 11) is 0. The monoisotopic (exact) mass is 303 g/mol. The molecule has 22 heavy (non-hydrogen) atoms. The van der Waals surface area contributed by atoms with Gasteiger partial charge in [-0.1, -0.05) is 18.2 Å². The number of carboxylic acids is 2. The highest BCUT2D eigenvalue weighted by Gasteiger charge is 2.25. The summed E-state index contributed by atoms with van der Waals surface area (Å²) in [5.41, 5.74) is 1.63. The smallest absolute Gasteiger partial charge is 0.336 e. The van der Waals surface area contributed by atoms with Crippen molar-refractivity contribution in [1.82, 2.24) is 0 Å². The van der Waals surface area contributed by atoms with Crippen LogP contribution in [0.3, 0.4) is 0 Å². The van der Waals surface area contributed by atoms with E-state index >= 15 is 0 Å². The summed E-state index contributed by atoms with van der Waals surface area (Å²) < 4.78 is 0. The van der Waals surface area contributed by atoms with Crippen LogP contribution in [0.15, 0.2) is 29.3 Å². The minimum atomic E-state index is -0.952. The van der Waals surface area contributed by atoms with Gasteiger partial charge in [-0.3, -0.25) is 9.79 Å². The molecule has 0 saturated heterocycles. The zero-order valence-corrected chi connectivity index (χ0v) is 12.7. The third-order valence-corrected chi connectivity index (χ3v) is 4.33. The van der Waals surface area contributed by atoms with Crippen molar-refractivity contribution in [2.75, 3.05) is 6.54 Å². The summed E-state index contributed by atoms with van der Waals surface area (Å²) in [5.74, 6) is -1.47. The van der Waals surface area contributed by atoms with Crippen molar-refractivity contribution in [2.24, 2.45) is 16.8 Å². The molecule has 0 spiro atoms. The average Bonchev–Trinajstić information content (AvgIpc) is 2.53. The largest absolute Gasteiger partial charge is 0.481 e. The van der Waals surface area contributed by atoms with Gasteiger partial charge in [-0.05, 0) is 44.6 Å². The SMILES string of the molecule is CC(=NCC1CCC(C(=O)O)CC1)c1ccccc1C(=O)O. The maximum atomic E-state index is 11.2. The van der Waals surface area contributed by atoms with Crippen LogP contribution in [-0.2, 0) is 4.79 Å². The van der Waals surface area contributed by atoms with Crippen LogP contribution in [0.5, 0.6) is 0 Å². The van der Waals surface area contributed by atoms with Crippen molar-refractivity contribution in [3.05, 3.63) is 35.4 Å². The second kappa shape index (κ2) is 7.20. The van der Waals surface area contributed by atoms with E-state index in [-0.39, 0.29) is 11.5 Å². The van der Waals surface area contributed by atoms with Crippen LogP contribution in [0.4, 0.5) is 0 Å². The first kappa shape index (κ1) is 16.2. The molecule has 0 unspecified atom stereocenters. The van der Waals surface area contributed by atoms with Crippen molar-refractivity contribution in [2.45, 2.75) is 32.6 Å². The lowest BCUT2D eigenvalue weighted by atomic mass is 9.82. The van der Waals surface area contributed by atoms with Crippen LogP contribution in [0, 0.1) is 11.8 Å². The molecule has 0 atom stereocenters. The molecule has 0 amide bonds. The van der Waals surface area contributed by atoms with Crippen molar-refractivity contribution >= 4 is 17.7 Å². The van der Waals surface area contributed by atoms with E-state index in [0.29, 0.717) is 30.9 Å². The van der Waals surface area contributed by atoms with Crippen LogP contribution in [-0.4, -0.2) is 34.4 Å². The summed E-state index contributed by atoms with van der Waals surface area (Å²) >= 11 is 0. The molecular weight excluding hydrogens is 282 g/mol. The maximum Gasteiger partial charge on any atom is 0.336 e. The standard InChI is InChI=1S/C17H21NO4/c1-11(14-4-2-3-5-15(14)17(21)22)18-10-12-6-8-13(9-7-12)16(19)20/h2-5,12-13H,6-10H2,1H3,(H,19,20)(H,21,22). The van der Waals surface area contributed by atoms with Gasteiger partial charge in [0.1, 0.15) is 0 Å². The first-order valence-electron chi connectivity index (χ1n) is 7.55. The van der Waals surface area contributed by atoms with Gasteiger partial charge in [-0.2, -0.15) is 0 Å². The molecule has 0 bridgehead atoms. The fraction of sp³-hybridized carbons (Fsp3) is 0.471. The number of hydrogen-bond donors (Lipinski definition) is 2. The fourth-order valence-electron chi connectivity index (χ4n) is 2.93. The number of nitrogens with zero attached hydrogens (tertiary/aromatic N) is 1. The number of benzene rings is 1. The topological polar surface area (TPSA) is 87.0 Å². The molecule has 1 aliphatic rings. The average molecular weight is 303 g/mol. The summed E-state index contributed by atoms with van der Waals surface area (Å²) in [5, 5.41) is 18.2. The molecule has 1 aliphatic carbocycles. The van der Waals surface area contributed by atoms with Crippen molar-refractivity contribution in [1.29, 1.82) is 0 Å². The van der Waals surface area contributed by atoms with Gasteiger partial charge >= 0.3 is 11.9 Å². The highest BCUT2D eigenvalue weighted by molar-refractivity contribution is 6.07. The first-order valence-corrected chi connectivity index (χ1v) is 7.55. The van der Waals surface area contributed by atoms with E-state index in [1.165, 1.54) is 0 Å². The Kier molecular flexibility index (Phi) is 5.31. The maximum absolute atomic E-state index is 11.2. The Morgan fingerprint density at radius 3 is 2.23 bits per heavy atom. The second-order valence-corrected chi connectivity index (χ2v) is 5.83. The van der Waals surface area contributed by atoms with E-state index in [1.807, 2.05) is 6.92 Å². The van der Waals surface area contributed by atoms with Gasteiger partial charge < -0.3 is 10.2 Å². The van der Waals surface area contributed by atoms with Crippen LogP contribution in [0.1, 0.15) is 48.5 Å². The highest BCUT2D eigenvalue weighted by atomic mass is 16.4. The Labute approximate surface area is 129 Å². The van der Waals surface area contributed by atoms with E-state index in [4.69, 9.17) is 5.11 Å². The lowest BCUT2D eigenvalue weighted by molar-refractivity contribution is -0.143. The molecule has 5 heteroatoms. The van der Waals surface area contributed by atoms with Crippen LogP contribution < -0.4 is 0 Å². The molecular formula is C17H21NO4. The molecule has 0 heterocycles. The molecule has 1 aromatic carbocycles. The van der Waals surface area contributed by atoms with E-state index in [0.717, 1.165) is 18.6 Å². The Balaban J connectivity index is 1.99. The summed E-state index contributed by atoms with van der Waals surface area (Å²) in [4.78, 5) is 26.7. The number of rotatable bonds is 5.